The summed E-state index contributed by atoms with van der Waals surface area (Å²) >= 11 is 0. The Hall–Kier alpha value is -3.11. The third-order valence-electron chi connectivity index (χ3n) is 5.89. The van der Waals surface area contributed by atoms with E-state index >= 15 is 0 Å². The molecule has 1 heterocycles. The fourth-order valence-corrected chi connectivity index (χ4v) is 5.57. The zero-order chi connectivity index (χ0) is 24.7. The third-order valence-corrected chi connectivity index (χ3v) is 7.94. The highest BCUT2D eigenvalue weighted by Gasteiger charge is 2.22. The minimum Gasteiger partial charge on any atom is -0.375 e. The Morgan fingerprint density at radius 2 is 1.74 bits per heavy atom. The van der Waals surface area contributed by atoms with E-state index in [2.05, 4.69) is 15.5 Å². The van der Waals surface area contributed by atoms with Gasteiger partial charge in [-0.25, -0.2) is 8.42 Å². The van der Waals surface area contributed by atoms with Crippen LogP contribution in [0.5, 0.6) is 0 Å². The number of piperidine rings is 1. The molecule has 0 bridgehead atoms. The lowest BCUT2D eigenvalue weighted by atomic mass is 10.1. The largest absolute Gasteiger partial charge is 0.375 e. The molecule has 184 valence electrons. The van der Waals surface area contributed by atoms with Crippen molar-refractivity contribution in [2.24, 2.45) is 5.73 Å². The number of carbonyl (C=O) groups excluding carboxylic acids is 2. The van der Waals surface area contributed by atoms with Crippen LogP contribution in [0.4, 0.5) is 17.1 Å². The van der Waals surface area contributed by atoms with E-state index in [1.54, 1.807) is 38.1 Å². The number of nitrogens with two attached hydrogens (primary N) is 1. The van der Waals surface area contributed by atoms with E-state index in [4.69, 9.17) is 5.73 Å². The van der Waals surface area contributed by atoms with E-state index in [1.165, 1.54) is 22.9 Å². The Kier molecular flexibility index (Phi) is 8.51. The number of hydrogen-bond acceptors (Lipinski definition) is 6. The summed E-state index contributed by atoms with van der Waals surface area (Å²) in [7, 11) is -3.63. The highest BCUT2D eigenvalue weighted by molar-refractivity contribution is 7.89. The second kappa shape index (κ2) is 11.3. The SMILES string of the molecule is CCN(CC)S(=O)(=O)c1cccc(NC(=O)CNc2ccc(N3CCCCC3)cc2C(N)=O)c1. The smallest absolute Gasteiger partial charge is 0.250 e. The maximum atomic E-state index is 12.7. The van der Waals surface area contributed by atoms with Gasteiger partial charge in [-0.3, -0.25) is 9.59 Å². The van der Waals surface area contributed by atoms with Crippen LogP contribution in [0.1, 0.15) is 43.5 Å². The molecular weight excluding hydrogens is 454 g/mol. The Labute approximate surface area is 201 Å². The summed E-state index contributed by atoms with van der Waals surface area (Å²) in [5, 5.41) is 5.67. The van der Waals surface area contributed by atoms with Crippen molar-refractivity contribution >= 4 is 38.9 Å². The topological polar surface area (TPSA) is 125 Å². The lowest BCUT2D eigenvalue weighted by Gasteiger charge is -2.29. The van der Waals surface area contributed by atoms with Crippen LogP contribution in [0, 0.1) is 0 Å². The van der Waals surface area contributed by atoms with Crippen LogP contribution in [0.15, 0.2) is 47.4 Å². The van der Waals surface area contributed by atoms with Gasteiger partial charge in [-0.2, -0.15) is 4.31 Å². The van der Waals surface area contributed by atoms with E-state index in [9.17, 15) is 18.0 Å². The normalized spacial score (nSPS) is 14.1. The van der Waals surface area contributed by atoms with Gasteiger partial charge in [0.25, 0.3) is 5.91 Å². The van der Waals surface area contributed by atoms with Crippen molar-refractivity contribution in [1.82, 2.24) is 4.31 Å². The van der Waals surface area contributed by atoms with E-state index < -0.39 is 15.9 Å². The highest BCUT2D eigenvalue weighted by Crippen LogP contribution is 2.26. The van der Waals surface area contributed by atoms with Crippen LogP contribution in [0.25, 0.3) is 0 Å². The molecule has 0 unspecified atom stereocenters. The minimum atomic E-state index is -3.63. The van der Waals surface area contributed by atoms with Gasteiger partial charge in [-0.1, -0.05) is 19.9 Å². The van der Waals surface area contributed by atoms with Crippen molar-refractivity contribution in [3.63, 3.8) is 0 Å². The van der Waals surface area contributed by atoms with Crippen molar-refractivity contribution in [2.45, 2.75) is 38.0 Å². The van der Waals surface area contributed by atoms with Gasteiger partial charge in [0.05, 0.1) is 17.0 Å². The molecule has 1 fully saturated rings. The Morgan fingerprint density at radius 1 is 1.03 bits per heavy atom. The highest BCUT2D eigenvalue weighted by atomic mass is 32.2. The molecule has 1 aliphatic heterocycles. The molecule has 0 radical (unpaired) electrons. The maximum absolute atomic E-state index is 12.7. The van der Waals surface area contributed by atoms with Gasteiger partial charge in [0.1, 0.15) is 0 Å². The Balaban J connectivity index is 1.68. The Bertz CT molecular complexity index is 1130. The first-order chi connectivity index (χ1) is 16.3. The van der Waals surface area contributed by atoms with Gasteiger partial charge >= 0.3 is 0 Å². The monoisotopic (exact) mass is 487 g/mol. The predicted octanol–water partition coefficient (Wildman–Crippen LogP) is 2.86. The molecule has 34 heavy (non-hydrogen) atoms. The first-order valence-electron chi connectivity index (χ1n) is 11.6. The zero-order valence-electron chi connectivity index (χ0n) is 19.7. The van der Waals surface area contributed by atoms with Crippen LogP contribution < -0.4 is 21.3 Å². The van der Waals surface area contributed by atoms with Crippen molar-refractivity contribution in [3.8, 4) is 0 Å². The average Bonchev–Trinajstić information content (AvgIpc) is 2.84. The molecule has 4 N–H and O–H groups in total. The number of primary amides is 1. The van der Waals surface area contributed by atoms with Crippen LogP contribution in [0.3, 0.4) is 0 Å². The quantitative estimate of drug-likeness (QED) is 0.473. The standard InChI is InChI=1S/C24H33N5O4S/c1-3-29(4-2)34(32,33)20-10-8-9-18(15-20)27-23(30)17-26-22-12-11-19(16-21(22)24(25)31)28-13-6-5-7-14-28/h8-12,15-16,26H,3-7,13-14,17H2,1-2H3,(H2,25,31)(H,27,30). The average molecular weight is 488 g/mol. The predicted molar refractivity (Wildman–Crippen MR) is 135 cm³/mol. The van der Waals surface area contributed by atoms with Gasteiger partial charge in [-0.05, 0) is 55.7 Å². The molecule has 1 saturated heterocycles. The molecule has 1 aliphatic rings. The van der Waals surface area contributed by atoms with E-state index in [1.807, 2.05) is 6.07 Å². The van der Waals surface area contributed by atoms with Crippen LogP contribution >= 0.6 is 0 Å². The molecule has 0 spiro atoms. The number of amides is 2. The minimum absolute atomic E-state index is 0.115. The molecule has 2 aromatic rings. The summed E-state index contributed by atoms with van der Waals surface area (Å²) in [5.74, 6) is -0.955. The lowest BCUT2D eigenvalue weighted by molar-refractivity contribution is -0.114. The zero-order valence-corrected chi connectivity index (χ0v) is 20.5. The van der Waals surface area contributed by atoms with E-state index in [-0.39, 0.29) is 17.3 Å². The van der Waals surface area contributed by atoms with Crippen molar-refractivity contribution < 1.29 is 18.0 Å². The molecular formula is C24H33N5O4S. The van der Waals surface area contributed by atoms with Crippen LogP contribution in [-0.2, 0) is 14.8 Å². The van der Waals surface area contributed by atoms with Gasteiger partial charge in [-0.15, -0.1) is 0 Å². The molecule has 0 aromatic heterocycles. The number of nitrogens with one attached hydrogen (secondary N) is 2. The van der Waals surface area contributed by atoms with Crippen molar-refractivity contribution in [2.75, 3.05) is 48.3 Å². The number of benzene rings is 2. The molecule has 2 amide bonds. The fourth-order valence-electron chi connectivity index (χ4n) is 4.07. The molecule has 0 saturated carbocycles. The number of carbonyl (C=O) groups is 2. The van der Waals surface area contributed by atoms with Crippen molar-refractivity contribution in [1.29, 1.82) is 0 Å². The van der Waals surface area contributed by atoms with E-state index in [0.717, 1.165) is 31.6 Å². The second-order valence-corrected chi connectivity index (χ2v) is 10.1. The molecule has 9 nitrogen and oxygen atoms in total. The third kappa shape index (κ3) is 6.06. The van der Waals surface area contributed by atoms with Gasteiger partial charge in [0.2, 0.25) is 15.9 Å². The van der Waals surface area contributed by atoms with Crippen molar-refractivity contribution in [3.05, 3.63) is 48.0 Å². The summed E-state index contributed by atoms with van der Waals surface area (Å²) in [5.41, 5.74) is 7.70. The molecule has 2 aromatic carbocycles. The molecule has 10 heteroatoms. The lowest BCUT2D eigenvalue weighted by Crippen LogP contribution is -2.30. The molecule has 0 atom stereocenters. The van der Waals surface area contributed by atoms with Gasteiger partial charge in [0.15, 0.2) is 0 Å². The number of anilines is 3. The first-order valence-corrected chi connectivity index (χ1v) is 13.0. The molecule has 0 aliphatic carbocycles. The summed E-state index contributed by atoms with van der Waals surface area (Å²) in [6.45, 7) is 6.04. The number of hydrogen-bond donors (Lipinski definition) is 3. The van der Waals surface area contributed by atoms with Gasteiger partial charge in [0, 0.05) is 43.2 Å². The molecule has 3 rings (SSSR count). The first kappa shape index (κ1) is 25.5. The fraction of sp³-hybridized carbons (Fsp3) is 0.417. The number of rotatable bonds is 10. The summed E-state index contributed by atoms with van der Waals surface area (Å²) in [6, 6.07) is 11.6. The van der Waals surface area contributed by atoms with Crippen LogP contribution in [0.2, 0.25) is 0 Å². The number of sulfonamides is 1. The maximum Gasteiger partial charge on any atom is 0.250 e. The van der Waals surface area contributed by atoms with E-state index in [0.29, 0.717) is 30.0 Å². The second-order valence-electron chi connectivity index (χ2n) is 8.16. The summed E-state index contributed by atoms with van der Waals surface area (Å²) in [6.07, 6.45) is 3.44. The van der Waals surface area contributed by atoms with Crippen LogP contribution in [-0.4, -0.2) is 57.3 Å². The number of nitrogens with zero attached hydrogens (tertiary/aromatic N) is 2. The Morgan fingerprint density at radius 3 is 2.38 bits per heavy atom. The summed E-state index contributed by atoms with van der Waals surface area (Å²) < 4.78 is 26.8. The summed E-state index contributed by atoms with van der Waals surface area (Å²) in [4.78, 5) is 26.9. The van der Waals surface area contributed by atoms with Gasteiger partial charge < -0.3 is 21.3 Å².